The van der Waals surface area contributed by atoms with Gasteiger partial charge in [-0.1, -0.05) is 78.9 Å². The zero-order valence-corrected chi connectivity index (χ0v) is 22.9. The van der Waals surface area contributed by atoms with E-state index in [4.69, 9.17) is 4.74 Å². The van der Waals surface area contributed by atoms with Crippen molar-refractivity contribution in [3.8, 4) is 11.1 Å². The molecule has 3 aromatic carbocycles. The van der Waals surface area contributed by atoms with Crippen molar-refractivity contribution in [2.24, 2.45) is 0 Å². The van der Waals surface area contributed by atoms with Crippen LogP contribution in [0.25, 0.3) is 11.1 Å². The first-order chi connectivity index (χ1) is 20.4. The SMILES string of the molecule is [CH2]NC(=O)CNC(=O)[C@H](Cc1ccccc1)NC(=O)CNC(=O)CNC(=O)OCC1c2ccccc2-c2ccccc21. The number of fused-ring (bicyclic) bond motifs is 3. The van der Waals surface area contributed by atoms with Crippen molar-refractivity contribution in [1.82, 2.24) is 26.6 Å². The number of rotatable bonds is 12. The molecule has 11 heteroatoms. The van der Waals surface area contributed by atoms with Crippen molar-refractivity contribution in [1.29, 1.82) is 0 Å². The zero-order valence-electron chi connectivity index (χ0n) is 22.9. The molecule has 217 valence electrons. The Morgan fingerprint density at radius 3 is 1.90 bits per heavy atom. The van der Waals surface area contributed by atoms with Gasteiger partial charge in [-0.3, -0.25) is 19.2 Å². The van der Waals surface area contributed by atoms with Crippen LogP contribution in [0.4, 0.5) is 4.79 Å². The summed E-state index contributed by atoms with van der Waals surface area (Å²) in [5.41, 5.74) is 5.13. The summed E-state index contributed by atoms with van der Waals surface area (Å²) in [4.78, 5) is 61.2. The first kappa shape index (κ1) is 29.8. The molecule has 5 N–H and O–H groups in total. The summed E-state index contributed by atoms with van der Waals surface area (Å²) in [6, 6.07) is 23.9. The van der Waals surface area contributed by atoms with E-state index < -0.39 is 48.9 Å². The Bertz CT molecular complexity index is 1400. The van der Waals surface area contributed by atoms with Gasteiger partial charge in [-0.15, -0.1) is 0 Å². The van der Waals surface area contributed by atoms with Gasteiger partial charge in [-0.25, -0.2) is 4.79 Å². The summed E-state index contributed by atoms with van der Waals surface area (Å²) >= 11 is 0. The molecule has 1 atom stereocenters. The third-order valence-corrected chi connectivity index (χ3v) is 6.74. The maximum Gasteiger partial charge on any atom is 0.407 e. The quantitative estimate of drug-likeness (QED) is 0.222. The van der Waals surface area contributed by atoms with Crippen molar-refractivity contribution < 1.29 is 28.7 Å². The number of amides is 5. The van der Waals surface area contributed by atoms with Crippen LogP contribution in [0, 0.1) is 7.05 Å². The highest BCUT2D eigenvalue weighted by Crippen LogP contribution is 2.44. The molecule has 1 radical (unpaired) electrons. The maximum absolute atomic E-state index is 12.6. The van der Waals surface area contributed by atoms with Gasteiger partial charge in [0.1, 0.15) is 19.2 Å². The standard InChI is InChI=1S/C31H32N5O6/c1-32-27(37)16-34-30(40)26(15-20-9-3-2-4-10-20)36-29(39)18-33-28(38)17-35-31(41)42-19-25-23-13-7-5-11-21(23)22-12-6-8-14-24(22)25/h2-14,25-26H,1,15-19H2,(H,32,37)(H,33,38)(H,34,40)(H,35,41)(H,36,39)/t26-/m0/s1. The normalized spacial score (nSPS) is 12.2. The molecule has 0 saturated heterocycles. The van der Waals surface area contributed by atoms with Crippen LogP contribution in [0.2, 0.25) is 0 Å². The molecule has 0 spiro atoms. The van der Waals surface area contributed by atoms with Gasteiger partial charge in [0, 0.05) is 19.4 Å². The summed E-state index contributed by atoms with van der Waals surface area (Å²) in [6.45, 7) is -1.03. The van der Waals surface area contributed by atoms with E-state index in [9.17, 15) is 24.0 Å². The second-order valence-corrected chi connectivity index (χ2v) is 9.58. The van der Waals surface area contributed by atoms with Crippen molar-refractivity contribution in [2.45, 2.75) is 18.4 Å². The monoisotopic (exact) mass is 570 g/mol. The number of alkyl carbamates (subject to hydrolysis) is 1. The fraction of sp³-hybridized carbons (Fsp3) is 0.226. The van der Waals surface area contributed by atoms with Gasteiger partial charge in [-0.05, 0) is 27.8 Å². The van der Waals surface area contributed by atoms with Crippen LogP contribution in [0.15, 0.2) is 78.9 Å². The predicted octanol–water partition coefficient (Wildman–Crippen LogP) is 1.39. The zero-order chi connectivity index (χ0) is 29.9. The van der Waals surface area contributed by atoms with Crippen LogP contribution < -0.4 is 26.6 Å². The van der Waals surface area contributed by atoms with Gasteiger partial charge < -0.3 is 31.3 Å². The van der Waals surface area contributed by atoms with Crippen molar-refractivity contribution >= 4 is 29.7 Å². The van der Waals surface area contributed by atoms with Gasteiger partial charge in [0.25, 0.3) is 0 Å². The number of benzene rings is 3. The summed E-state index contributed by atoms with van der Waals surface area (Å²) in [6.07, 6.45) is -0.593. The Kier molecular flexibility index (Phi) is 10.2. The number of hydrogen-bond donors (Lipinski definition) is 5. The molecule has 1 aliphatic carbocycles. The summed E-state index contributed by atoms with van der Waals surface area (Å²) in [7, 11) is 3.24. The highest BCUT2D eigenvalue weighted by atomic mass is 16.5. The number of carbonyl (C=O) groups is 5. The Balaban J connectivity index is 1.22. The molecular weight excluding hydrogens is 538 g/mol. The third-order valence-electron chi connectivity index (χ3n) is 6.74. The van der Waals surface area contributed by atoms with E-state index in [0.717, 1.165) is 27.8 Å². The largest absolute Gasteiger partial charge is 0.449 e. The van der Waals surface area contributed by atoms with Gasteiger partial charge in [0.15, 0.2) is 0 Å². The van der Waals surface area contributed by atoms with E-state index in [1.54, 1.807) is 24.3 Å². The average Bonchev–Trinajstić information content (AvgIpc) is 3.34. The fourth-order valence-corrected chi connectivity index (χ4v) is 4.70. The first-order valence-electron chi connectivity index (χ1n) is 13.4. The predicted molar refractivity (Wildman–Crippen MR) is 155 cm³/mol. The summed E-state index contributed by atoms with van der Waals surface area (Å²) in [5, 5.41) is 12.0. The number of carbonyl (C=O) groups excluding carboxylic acids is 5. The summed E-state index contributed by atoms with van der Waals surface area (Å²) in [5.74, 6) is -2.42. The molecule has 5 amide bonds. The molecule has 11 nitrogen and oxygen atoms in total. The molecule has 0 bridgehead atoms. The van der Waals surface area contributed by atoms with Crippen molar-refractivity contribution in [3.05, 3.63) is 103 Å². The molecule has 1 aliphatic rings. The molecule has 4 rings (SSSR count). The maximum atomic E-state index is 12.6. The molecule has 3 aromatic rings. The molecule has 0 heterocycles. The lowest BCUT2D eigenvalue weighted by atomic mass is 9.98. The average molecular weight is 571 g/mol. The smallest absolute Gasteiger partial charge is 0.407 e. The van der Waals surface area contributed by atoms with Crippen LogP contribution in [-0.4, -0.2) is 62.0 Å². The van der Waals surface area contributed by atoms with Crippen molar-refractivity contribution in [2.75, 3.05) is 26.2 Å². The minimum Gasteiger partial charge on any atom is -0.449 e. The summed E-state index contributed by atoms with van der Waals surface area (Å²) < 4.78 is 5.41. The molecule has 0 fully saturated rings. The lowest BCUT2D eigenvalue weighted by Crippen LogP contribution is -2.52. The lowest BCUT2D eigenvalue weighted by molar-refractivity contribution is -0.130. The Morgan fingerprint density at radius 2 is 1.26 bits per heavy atom. The van der Waals surface area contributed by atoms with E-state index in [1.807, 2.05) is 54.6 Å². The molecule has 0 aromatic heterocycles. The van der Waals surface area contributed by atoms with Crippen LogP contribution in [0.5, 0.6) is 0 Å². The van der Waals surface area contributed by atoms with Gasteiger partial charge in [0.05, 0.1) is 13.1 Å². The first-order valence-corrected chi connectivity index (χ1v) is 13.4. The minimum atomic E-state index is -0.992. The van der Waals surface area contributed by atoms with Crippen molar-refractivity contribution in [3.63, 3.8) is 0 Å². The Morgan fingerprint density at radius 1 is 0.690 bits per heavy atom. The second-order valence-electron chi connectivity index (χ2n) is 9.58. The topological polar surface area (TPSA) is 155 Å². The van der Waals surface area contributed by atoms with Crippen LogP contribution in [-0.2, 0) is 30.3 Å². The van der Waals surface area contributed by atoms with E-state index in [2.05, 4.69) is 33.6 Å². The van der Waals surface area contributed by atoms with Gasteiger partial charge in [-0.2, -0.15) is 0 Å². The molecule has 42 heavy (non-hydrogen) atoms. The molecule has 0 aliphatic heterocycles. The minimum absolute atomic E-state index is 0.102. The molecular formula is C31H32N5O6. The Labute approximate surface area is 243 Å². The molecule has 0 unspecified atom stereocenters. The number of hydrogen-bond acceptors (Lipinski definition) is 6. The highest BCUT2D eigenvalue weighted by molar-refractivity contribution is 5.92. The Hall–Kier alpha value is -5.19. The van der Waals surface area contributed by atoms with E-state index in [0.29, 0.717) is 0 Å². The number of ether oxygens (including phenoxy) is 1. The lowest BCUT2D eigenvalue weighted by Gasteiger charge is -2.19. The van der Waals surface area contributed by atoms with Crippen LogP contribution in [0.1, 0.15) is 22.6 Å². The van der Waals surface area contributed by atoms with Crippen LogP contribution in [0.3, 0.4) is 0 Å². The number of nitrogens with one attached hydrogen (secondary N) is 5. The molecule has 0 saturated carbocycles. The van der Waals surface area contributed by atoms with E-state index in [-0.39, 0.29) is 25.5 Å². The third kappa shape index (κ3) is 7.94. The second kappa shape index (κ2) is 14.4. The van der Waals surface area contributed by atoms with Crippen LogP contribution >= 0.6 is 0 Å². The highest BCUT2D eigenvalue weighted by Gasteiger charge is 2.29. The van der Waals surface area contributed by atoms with Gasteiger partial charge >= 0.3 is 6.09 Å². The van der Waals surface area contributed by atoms with Gasteiger partial charge in [0.2, 0.25) is 23.6 Å². The fourth-order valence-electron chi connectivity index (χ4n) is 4.70. The van der Waals surface area contributed by atoms with E-state index in [1.165, 1.54) is 0 Å². The van der Waals surface area contributed by atoms with E-state index >= 15 is 0 Å².